The molecule has 2 rings (SSSR count). The first-order chi connectivity index (χ1) is 10.2. The maximum Gasteiger partial charge on any atom is 0.251 e. The molecule has 0 aliphatic carbocycles. The molecule has 21 heavy (non-hydrogen) atoms. The van der Waals surface area contributed by atoms with Gasteiger partial charge in [-0.25, -0.2) is 0 Å². The van der Waals surface area contributed by atoms with Gasteiger partial charge in [-0.15, -0.1) is 0 Å². The van der Waals surface area contributed by atoms with Gasteiger partial charge in [0.1, 0.15) is 6.29 Å². The molecule has 0 aliphatic heterocycles. The number of aryl methyl sites for hydroxylation is 1. The molecule has 0 fully saturated rings. The molecule has 108 valence electrons. The maximum absolute atomic E-state index is 12.1. The summed E-state index contributed by atoms with van der Waals surface area (Å²) in [5.41, 5.74) is 2.42. The maximum atomic E-state index is 12.1. The first-order valence-electron chi connectivity index (χ1n) is 7.09. The molecular weight excluding hydrogens is 262 g/mol. The van der Waals surface area contributed by atoms with E-state index in [0.717, 1.165) is 19.1 Å². The summed E-state index contributed by atoms with van der Waals surface area (Å²) in [7, 11) is 0. The van der Waals surface area contributed by atoms with Gasteiger partial charge in [-0.05, 0) is 37.5 Å². The second-order valence-electron chi connectivity index (χ2n) is 5.14. The van der Waals surface area contributed by atoms with Gasteiger partial charge in [0.2, 0.25) is 0 Å². The highest BCUT2D eigenvalue weighted by atomic mass is 16.1. The van der Waals surface area contributed by atoms with Crippen molar-refractivity contribution in [2.75, 3.05) is 0 Å². The Bertz CT molecular complexity index is 590. The van der Waals surface area contributed by atoms with Crippen molar-refractivity contribution in [3.8, 4) is 0 Å². The second-order valence-corrected chi connectivity index (χ2v) is 5.14. The number of carbonyl (C=O) groups is 2. The van der Waals surface area contributed by atoms with Crippen LogP contribution in [0.3, 0.4) is 0 Å². The molecule has 0 aromatic heterocycles. The lowest BCUT2D eigenvalue weighted by Gasteiger charge is -2.14. The van der Waals surface area contributed by atoms with Gasteiger partial charge < -0.3 is 5.32 Å². The molecule has 0 saturated carbocycles. The van der Waals surface area contributed by atoms with E-state index in [1.165, 1.54) is 5.56 Å². The average Bonchev–Trinajstić information content (AvgIpc) is 2.54. The summed E-state index contributed by atoms with van der Waals surface area (Å²) in [6.07, 6.45) is 2.60. The van der Waals surface area contributed by atoms with Crippen molar-refractivity contribution in [2.45, 2.75) is 25.8 Å². The third-order valence-corrected chi connectivity index (χ3v) is 3.40. The van der Waals surface area contributed by atoms with Gasteiger partial charge in [-0.3, -0.25) is 9.59 Å². The normalized spacial score (nSPS) is 11.7. The number of aldehydes is 1. The molecule has 0 heterocycles. The molecule has 0 aliphatic rings. The first kappa shape index (κ1) is 15.0. The summed E-state index contributed by atoms with van der Waals surface area (Å²) in [6.45, 7) is 2.00. The monoisotopic (exact) mass is 281 g/mol. The molecule has 1 amide bonds. The molecule has 1 N–H and O–H groups in total. The van der Waals surface area contributed by atoms with Gasteiger partial charge in [-0.2, -0.15) is 0 Å². The van der Waals surface area contributed by atoms with E-state index in [1.807, 2.05) is 25.1 Å². The van der Waals surface area contributed by atoms with Crippen molar-refractivity contribution in [3.05, 3.63) is 71.3 Å². The quantitative estimate of drug-likeness (QED) is 0.826. The minimum atomic E-state index is -0.104. The van der Waals surface area contributed by atoms with Crippen molar-refractivity contribution in [2.24, 2.45) is 0 Å². The van der Waals surface area contributed by atoms with Crippen LogP contribution in [0, 0.1) is 0 Å². The number of nitrogens with one attached hydrogen (secondary N) is 1. The zero-order valence-corrected chi connectivity index (χ0v) is 12.1. The van der Waals surface area contributed by atoms with E-state index < -0.39 is 0 Å². The van der Waals surface area contributed by atoms with Gasteiger partial charge in [0.15, 0.2) is 0 Å². The number of hydrogen-bond donors (Lipinski definition) is 1. The fourth-order valence-corrected chi connectivity index (χ4v) is 2.12. The van der Waals surface area contributed by atoms with Crippen LogP contribution in [-0.4, -0.2) is 18.2 Å². The molecule has 0 bridgehead atoms. The van der Waals surface area contributed by atoms with E-state index in [2.05, 4.69) is 17.4 Å². The van der Waals surface area contributed by atoms with Gasteiger partial charge in [0.05, 0.1) is 0 Å². The molecule has 2 aromatic rings. The molecular formula is C18H19NO2. The minimum absolute atomic E-state index is 0.100. The summed E-state index contributed by atoms with van der Waals surface area (Å²) in [4.78, 5) is 22.7. The summed E-state index contributed by atoms with van der Waals surface area (Å²) < 4.78 is 0. The van der Waals surface area contributed by atoms with E-state index >= 15 is 0 Å². The predicted molar refractivity (Wildman–Crippen MR) is 83.5 cm³/mol. The molecule has 0 spiro atoms. The Morgan fingerprint density at radius 3 is 2.38 bits per heavy atom. The summed E-state index contributed by atoms with van der Waals surface area (Å²) in [5, 5.41) is 2.98. The third kappa shape index (κ3) is 4.56. The Balaban J connectivity index is 1.85. The summed E-state index contributed by atoms with van der Waals surface area (Å²) in [5.74, 6) is -0.104. The highest BCUT2D eigenvalue weighted by molar-refractivity contribution is 5.95. The van der Waals surface area contributed by atoms with Crippen LogP contribution < -0.4 is 5.32 Å². The second kappa shape index (κ2) is 7.39. The van der Waals surface area contributed by atoms with Gasteiger partial charge >= 0.3 is 0 Å². The van der Waals surface area contributed by atoms with Crippen molar-refractivity contribution in [1.82, 2.24) is 5.32 Å². The molecule has 3 heteroatoms. The molecule has 0 saturated heterocycles. The minimum Gasteiger partial charge on any atom is -0.350 e. The summed E-state index contributed by atoms with van der Waals surface area (Å²) in [6, 6.07) is 17.0. The number of carbonyl (C=O) groups excluding carboxylic acids is 2. The van der Waals surface area contributed by atoms with Crippen LogP contribution in [0.2, 0.25) is 0 Å². The van der Waals surface area contributed by atoms with E-state index in [4.69, 9.17) is 0 Å². The topological polar surface area (TPSA) is 46.2 Å². The number of rotatable bonds is 6. The van der Waals surface area contributed by atoms with Crippen molar-refractivity contribution in [3.63, 3.8) is 0 Å². The van der Waals surface area contributed by atoms with Crippen molar-refractivity contribution >= 4 is 12.2 Å². The summed E-state index contributed by atoms with van der Waals surface area (Å²) >= 11 is 0. The molecule has 1 atom stereocenters. The van der Waals surface area contributed by atoms with Crippen LogP contribution in [0.25, 0.3) is 0 Å². The SMILES string of the molecule is CC(CCc1ccccc1)NC(=O)c1ccc(C=O)cc1. The van der Waals surface area contributed by atoms with Gasteiger partial charge in [0.25, 0.3) is 5.91 Å². The smallest absolute Gasteiger partial charge is 0.251 e. The Morgan fingerprint density at radius 2 is 1.76 bits per heavy atom. The van der Waals surface area contributed by atoms with Gasteiger partial charge in [-0.1, -0.05) is 42.5 Å². The first-order valence-corrected chi connectivity index (χ1v) is 7.09. The predicted octanol–water partition coefficient (Wildman–Crippen LogP) is 3.25. The fourth-order valence-electron chi connectivity index (χ4n) is 2.12. The molecule has 3 nitrogen and oxygen atoms in total. The van der Waals surface area contributed by atoms with Crippen LogP contribution in [0.4, 0.5) is 0 Å². The van der Waals surface area contributed by atoms with Crippen molar-refractivity contribution in [1.29, 1.82) is 0 Å². The zero-order valence-electron chi connectivity index (χ0n) is 12.1. The lowest BCUT2D eigenvalue weighted by molar-refractivity contribution is 0.0938. The lowest BCUT2D eigenvalue weighted by Crippen LogP contribution is -2.32. The van der Waals surface area contributed by atoms with Crippen LogP contribution in [0.1, 0.15) is 39.6 Å². The number of amides is 1. The van der Waals surface area contributed by atoms with Crippen LogP contribution in [0.5, 0.6) is 0 Å². The molecule has 1 unspecified atom stereocenters. The largest absolute Gasteiger partial charge is 0.350 e. The Kier molecular flexibility index (Phi) is 5.27. The van der Waals surface area contributed by atoms with E-state index in [-0.39, 0.29) is 11.9 Å². The van der Waals surface area contributed by atoms with Crippen LogP contribution in [-0.2, 0) is 6.42 Å². The molecule has 0 radical (unpaired) electrons. The third-order valence-electron chi connectivity index (χ3n) is 3.40. The average molecular weight is 281 g/mol. The lowest BCUT2D eigenvalue weighted by atomic mass is 10.1. The highest BCUT2D eigenvalue weighted by Crippen LogP contribution is 2.07. The van der Waals surface area contributed by atoms with Gasteiger partial charge in [0, 0.05) is 17.2 Å². The van der Waals surface area contributed by atoms with Crippen LogP contribution in [0.15, 0.2) is 54.6 Å². The number of benzene rings is 2. The van der Waals surface area contributed by atoms with Crippen LogP contribution >= 0.6 is 0 Å². The Hall–Kier alpha value is -2.42. The molecule has 2 aromatic carbocycles. The van der Waals surface area contributed by atoms with E-state index in [0.29, 0.717) is 11.1 Å². The zero-order chi connectivity index (χ0) is 15.1. The Morgan fingerprint density at radius 1 is 1.10 bits per heavy atom. The standard InChI is InChI=1S/C18H19NO2/c1-14(7-8-15-5-3-2-4-6-15)19-18(21)17-11-9-16(13-20)10-12-17/h2-6,9-14H,7-8H2,1H3,(H,19,21). The number of hydrogen-bond acceptors (Lipinski definition) is 2. The van der Waals surface area contributed by atoms with Crippen molar-refractivity contribution < 1.29 is 9.59 Å². The fraction of sp³-hybridized carbons (Fsp3) is 0.222. The highest BCUT2D eigenvalue weighted by Gasteiger charge is 2.09. The van der Waals surface area contributed by atoms with E-state index in [9.17, 15) is 9.59 Å². The Labute approximate surface area is 125 Å². The van der Waals surface area contributed by atoms with E-state index in [1.54, 1.807) is 24.3 Å².